The zero-order valence-electron chi connectivity index (χ0n) is 20.2. The number of rotatable bonds is 5. The first kappa shape index (κ1) is 24.2. The van der Waals surface area contributed by atoms with E-state index in [4.69, 9.17) is 14.5 Å². The lowest BCUT2D eigenvalue weighted by Gasteiger charge is -2.36. The highest BCUT2D eigenvalue weighted by atomic mass is 19.1. The second kappa shape index (κ2) is 9.74. The molecule has 2 atom stereocenters. The van der Waals surface area contributed by atoms with Crippen LogP contribution in [0.1, 0.15) is 38.6 Å². The number of benzene rings is 1. The second-order valence-electron chi connectivity index (χ2n) is 9.36. The number of ether oxygens (including phenoxy) is 2. The van der Waals surface area contributed by atoms with Gasteiger partial charge in [-0.3, -0.25) is 0 Å². The number of halogens is 1. The standard InChI is InChI=1S/C24H28FN7O3/c1-24(2,3)35-23(33)30-19-13-31(8-7-17(19)25)22-29-18-6-5-15(10-26)9-20(18)32(22)14-21-27-11-16(34-4)12-28-21/h5-6,9,11-12,17,19H,7-8,13-14H2,1-4H3,(H,30,33)/t17-,19-/m1/s1. The minimum absolute atomic E-state index is 0.207. The maximum absolute atomic E-state index is 14.8. The fraction of sp³-hybridized carbons (Fsp3) is 0.458. The first-order chi connectivity index (χ1) is 16.7. The Labute approximate surface area is 202 Å². The maximum atomic E-state index is 14.8. The average Bonchev–Trinajstić information content (AvgIpc) is 3.17. The highest BCUT2D eigenvalue weighted by Gasteiger charge is 2.34. The fourth-order valence-electron chi connectivity index (χ4n) is 3.95. The topological polar surface area (TPSA) is 118 Å². The second-order valence-corrected chi connectivity index (χ2v) is 9.36. The molecule has 2 aromatic heterocycles. The van der Waals surface area contributed by atoms with Crippen LogP contribution in [-0.2, 0) is 11.3 Å². The van der Waals surface area contributed by atoms with Crippen LogP contribution in [0.4, 0.5) is 15.1 Å². The Morgan fingerprint density at radius 2 is 2.06 bits per heavy atom. The molecule has 0 spiro atoms. The Balaban J connectivity index is 1.66. The molecule has 1 fully saturated rings. The number of carbonyl (C=O) groups excluding carboxylic acids is 1. The third-order valence-corrected chi connectivity index (χ3v) is 5.59. The van der Waals surface area contributed by atoms with Crippen molar-refractivity contribution in [3.05, 3.63) is 42.0 Å². The number of hydrogen-bond acceptors (Lipinski definition) is 8. The van der Waals surface area contributed by atoms with Crippen molar-refractivity contribution < 1.29 is 18.7 Å². The summed E-state index contributed by atoms with van der Waals surface area (Å²) in [5.74, 6) is 1.65. The molecule has 0 saturated carbocycles. The van der Waals surface area contributed by atoms with Gasteiger partial charge in [-0.15, -0.1) is 0 Å². The number of carbonyl (C=O) groups is 1. The number of anilines is 1. The maximum Gasteiger partial charge on any atom is 0.408 e. The molecule has 1 amide bonds. The first-order valence-electron chi connectivity index (χ1n) is 11.3. The van der Waals surface area contributed by atoms with Crippen LogP contribution in [0.15, 0.2) is 30.6 Å². The Kier molecular flexibility index (Phi) is 6.73. The summed E-state index contributed by atoms with van der Waals surface area (Å²) >= 11 is 0. The summed E-state index contributed by atoms with van der Waals surface area (Å²) in [5.41, 5.74) is 1.23. The number of alkyl halides is 1. The van der Waals surface area contributed by atoms with Gasteiger partial charge in [0.1, 0.15) is 17.6 Å². The van der Waals surface area contributed by atoms with E-state index in [1.54, 1.807) is 58.5 Å². The third kappa shape index (κ3) is 5.59. The summed E-state index contributed by atoms with van der Waals surface area (Å²) in [6.07, 6.45) is 1.50. The zero-order valence-corrected chi connectivity index (χ0v) is 20.2. The van der Waals surface area contributed by atoms with Gasteiger partial charge in [-0.2, -0.15) is 5.26 Å². The molecular formula is C24H28FN7O3. The molecule has 0 bridgehead atoms. The molecule has 1 aliphatic rings. The van der Waals surface area contributed by atoms with Gasteiger partial charge >= 0.3 is 6.09 Å². The van der Waals surface area contributed by atoms with Crippen molar-refractivity contribution in [1.29, 1.82) is 5.26 Å². The van der Waals surface area contributed by atoms with Gasteiger partial charge < -0.3 is 24.3 Å². The van der Waals surface area contributed by atoms with Gasteiger partial charge in [-0.1, -0.05) is 0 Å². The predicted octanol–water partition coefficient (Wildman–Crippen LogP) is 3.20. The van der Waals surface area contributed by atoms with Gasteiger partial charge in [0.2, 0.25) is 5.95 Å². The normalized spacial score (nSPS) is 18.2. The summed E-state index contributed by atoms with van der Waals surface area (Å²) < 4.78 is 27.1. The SMILES string of the molecule is COc1cnc(Cn2c(N3CC[C@@H](F)[C@H](NC(=O)OC(C)(C)C)C3)nc3ccc(C#N)cc32)nc1. The molecule has 0 radical (unpaired) electrons. The van der Waals surface area contributed by atoms with E-state index in [0.717, 1.165) is 5.52 Å². The highest BCUT2D eigenvalue weighted by molar-refractivity contribution is 5.80. The van der Waals surface area contributed by atoms with E-state index in [9.17, 15) is 14.4 Å². The van der Waals surface area contributed by atoms with Gasteiger partial charge in [0.25, 0.3) is 0 Å². The number of nitrogens with one attached hydrogen (secondary N) is 1. The van der Waals surface area contributed by atoms with Crippen molar-refractivity contribution in [3.8, 4) is 11.8 Å². The Morgan fingerprint density at radius 1 is 1.31 bits per heavy atom. The van der Waals surface area contributed by atoms with Crippen LogP contribution in [-0.4, -0.2) is 63.6 Å². The van der Waals surface area contributed by atoms with Crippen LogP contribution in [0.2, 0.25) is 0 Å². The molecule has 1 aliphatic heterocycles. The molecule has 184 valence electrons. The van der Waals surface area contributed by atoms with E-state index >= 15 is 0 Å². The molecule has 0 unspecified atom stereocenters. The molecule has 3 heterocycles. The number of nitrogens with zero attached hydrogens (tertiary/aromatic N) is 6. The lowest BCUT2D eigenvalue weighted by molar-refractivity contribution is 0.0465. The van der Waals surface area contributed by atoms with Crippen molar-refractivity contribution in [1.82, 2.24) is 24.8 Å². The van der Waals surface area contributed by atoms with Crippen LogP contribution in [0, 0.1) is 11.3 Å². The van der Waals surface area contributed by atoms with E-state index in [1.165, 1.54) is 0 Å². The van der Waals surface area contributed by atoms with E-state index in [2.05, 4.69) is 21.4 Å². The summed E-state index contributed by atoms with van der Waals surface area (Å²) in [5, 5.41) is 12.1. The summed E-state index contributed by atoms with van der Waals surface area (Å²) in [4.78, 5) is 27.7. The predicted molar refractivity (Wildman–Crippen MR) is 127 cm³/mol. The Hall–Kier alpha value is -3.94. The van der Waals surface area contributed by atoms with Crippen LogP contribution >= 0.6 is 0 Å². The van der Waals surface area contributed by atoms with Gasteiger partial charge in [0.05, 0.1) is 54.8 Å². The third-order valence-electron chi connectivity index (χ3n) is 5.59. The molecular weight excluding hydrogens is 453 g/mol. The highest BCUT2D eigenvalue weighted by Crippen LogP contribution is 2.28. The van der Waals surface area contributed by atoms with E-state index < -0.39 is 23.9 Å². The molecule has 4 rings (SSSR count). The minimum atomic E-state index is -1.22. The largest absolute Gasteiger partial charge is 0.494 e. The van der Waals surface area contributed by atoms with Crippen molar-refractivity contribution in [3.63, 3.8) is 0 Å². The zero-order chi connectivity index (χ0) is 25.2. The summed E-state index contributed by atoms with van der Waals surface area (Å²) in [7, 11) is 1.54. The minimum Gasteiger partial charge on any atom is -0.494 e. The van der Waals surface area contributed by atoms with Gasteiger partial charge in [-0.25, -0.2) is 24.1 Å². The van der Waals surface area contributed by atoms with Crippen LogP contribution in [0.3, 0.4) is 0 Å². The smallest absolute Gasteiger partial charge is 0.408 e. The Morgan fingerprint density at radius 3 is 2.71 bits per heavy atom. The molecule has 0 aliphatic carbocycles. The van der Waals surface area contributed by atoms with Crippen molar-refractivity contribution >= 4 is 23.1 Å². The Bertz CT molecular complexity index is 1250. The van der Waals surface area contributed by atoms with Gasteiger partial charge in [0, 0.05) is 13.1 Å². The number of alkyl carbamates (subject to hydrolysis) is 1. The van der Waals surface area contributed by atoms with Crippen LogP contribution in [0.5, 0.6) is 5.75 Å². The number of fused-ring (bicyclic) bond motifs is 1. The average molecular weight is 482 g/mol. The number of piperidine rings is 1. The number of aromatic nitrogens is 4. The molecule has 11 heteroatoms. The van der Waals surface area contributed by atoms with Gasteiger partial charge in [-0.05, 0) is 45.4 Å². The number of nitriles is 1. The molecule has 35 heavy (non-hydrogen) atoms. The van der Waals surface area contributed by atoms with Crippen molar-refractivity contribution in [2.24, 2.45) is 0 Å². The van der Waals surface area contributed by atoms with Crippen LogP contribution in [0.25, 0.3) is 11.0 Å². The fourth-order valence-corrected chi connectivity index (χ4v) is 3.95. The number of methoxy groups -OCH3 is 1. The molecule has 1 aromatic carbocycles. The van der Waals surface area contributed by atoms with Crippen LogP contribution < -0.4 is 15.0 Å². The summed E-state index contributed by atoms with van der Waals surface area (Å²) in [6.45, 7) is 6.16. The molecule has 10 nitrogen and oxygen atoms in total. The first-order valence-corrected chi connectivity index (χ1v) is 11.3. The van der Waals surface area contributed by atoms with Crippen molar-refractivity contribution in [2.75, 3.05) is 25.1 Å². The van der Waals surface area contributed by atoms with E-state index in [-0.39, 0.29) is 19.5 Å². The van der Waals surface area contributed by atoms with Crippen molar-refractivity contribution in [2.45, 2.75) is 51.6 Å². The number of imidazole rings is 1. The van der Waals surface area contributed by atoms with Gasteiger partial charge in [0.15, 0.2) is 5.75 Å². The quantitative estimate of drug-likeness (QED) is 0.590. The van der Waals surface area contributed by atoms with E-state index in [1.807, 2.05) is 9.47 Å². The number of amides is 1. The molecule has 1 N–H and O–H groups in total. The monoisotopic (exact) mass is 481 g/mol. The van der Waals surface area contributed by atoms with E-state index in [0.29, 0.717) is 35.1 Å². The number of hydrogen-bond donors (Lipinski definition) is 1. The molecule has 1 saturated heterocycles. The summed E-state index contributed by atoms with van der Waals surface area (Å²) in [6, 6.07) is 6.63. The lowest BCUT2D eigenvalue weighted by Crippen LogP contribution is -2.55. The lowest BCUT2D eigenvalue weighted by atomic mass is 10.0. The molecule has 3 aromatic rings.